The number of pyridine rings is 1. The normalized spacial score (nSPS) is 22.6. The van der Waals surface area contributed by atoms with Crippen LogP contribution in [0, 0.1) is 5.82 Å². The van der Waals surface area contributed by atoms with Crippen molar-refractivity contribution in [2.45, 2.75) is 30.8 Å². The summed E-state index contributed by atoms with van der Waals surface area (Å²) in [6, 6.07) is 6.74. The van der Waals surface area contributed by atoms with Crippen LogP contribution in [0.4, 0.5) is 18.9 Å². The molecule has 2 aromatic rings. The van der Waals surface area contributed by atoms with Crippen LogP contribution in [0.5, 0.6) is 5.75 Å². The predicted molar refractivity (Wildman–Crippen MR) is 128 cm³/mol. The lowest BCUT2D eigenvalue weighted by Crippen LogP contribution is -2.56. The van der Waals surface area contributed by atoms with Gasteiger partial charge in [0.25, 0.3) is 6.43 Å². The number of hydrogen-bond donors (Lipinski definition) is 0. The van der Waals surface area contributed by atoms with E-state index in [1.807, 2.05) is 11.8 Å². The molecule has 0 saturated carbocycles. The zero-order valence-corrected chi connectivity index (χ0v) is 20.6. The molecule has 2 unspecified atom stereocenters. The molecule has 7 nitrogen and oxygen atoms in total. The third-order valence-electron chi connectivity index (χ3n) is 6.15. The maximum Gasteiger partial charge on any atom is 0.279 e. The van der Waals surface area contributed by atoms with E-state index in [0.29, 0.717) is 36.8 Å². The Kier molecular flexibility index (Phi) is 7.61. The van der Waals surface area contributed by atoms with E-state index in [1.54, 1.807) is 23.1 Å². The maximum atomic E-state index is 14.6. The third kappa shape index (κ3) is 5.13. The number of halogens is 5. The highest BCUT2D eigenvalue weighted by Crippen LogP contribution is 2.36. The van der Waals surface area contributed by atoms with Gasteiger partial charge >= 0.3 is 0 Å². The number of piperazine rings is 1. The molecule has 0 aliphatic carbocycles. The first-order valence-electron chi connectivity index (χ1n) is 11.0. The second-order valence-corrected chi connectivity index (χ2v) is 9.22. The van der Waals surface area contributed by atoms with E-state index < -0.39 is 29.4 Å². The van der Waals surface area contributed by atoms with Crippen LogP contribution < -0.4 is 9.64 Å². The smallest absolute Gasteiger partial charge is 0.279 e. The number of anilines is 1. The third-order valence-corrected chi connectivity index (χ3v) is 6.90. The first kappa shape index (κ1) is 25.4. The average molecular weight is 530 g/mol. The molecule has 1 fully saturated rings. The summed E-state index contributed by atoms with van der Waals surface area (Å²) in [5, 5.41) is 4.32. The van der Waals surface area contributed by atoms with Crippen molar-refractivity contribution >= 4 is 40.5 Å². The predicted octanol–water partition coefficient (Wildman–Crippen LogP) is 4.21. The van der Waals surface area contributed by atoms with Crippen molar-refractivity contribution in [3.05, 3.63) is 53.1 Å². The largest absolute Gasteiger partial charge is 0.495 e. The Morgan fingerprint density at radius 2 is 2.06 bits per heavy atom. The Labute approximate surface area is 211 Å². The van der Waals surface area contributed by atoms with Crippen LogP contribution in [0.2, 0.25) is 5.02 Å². The molecular weight excluding hydrogens is 506 g/mol. The lowest BCUT2D eigenvalue weighted by atomic mass is 10.1. The summed E-state index contributed by atoms with van der Waals surface area (Å²) in [5.41, 5.74) is 0.293. The van der Waals surface area contributed by atoms with Gasteiger partial charge in [-0.05, 0) is 25.1 Å². The zero-order valence-electron chi connectivity index (χ0n) is 19.0. The van der Waals surface area contributed by atoms with Crippen molar-refractivity contribution in [1.82, 2.24) is 14.9 Å². The molecule has 3 atom stereocenters. The van der Waals surface area contributed by atoms with Crippen molar-refractivity contribution in [2.75, 3.05) is 38.2 Å². The number of amides is 1. The number of nitrogens with zero attached hydrogens (tertiary/aromatic N) is 5. The lowest BCUT2D eigenvalue weighted by molar-refractivity contribution is -0.135. The highest BCUT2D eigenvalue weighted by molar-refractivity contribution is 6.33. The van der Waals surface area contributed by atoms with Crippen LogP contribution in [0.25, 0.3) is 0 Å². The average Bonchev–Trinajstić information content (AvgIpc) is 3.15. The van der Waals surface area contributed by atoms with E-state index in [9.17, 15) is 18.0 Å². The van der Waals surface area contributed by atoms with Gasteiger partial charge in [-0.1, -0.05) is 17.7 Å². The summed E-state index contributed by atoms with van der Waals surface area (Å²) in [6.07, 6.45) is -1.32. The molecule has 35 heavy (non-hydrogen) atoms. The Morgan fingerprint density at radius 1 is 1.29 bits per heavy atom. The van der Waals surface area contributed by atoms with Crippen molar-refractivity contribution < 1.29 is 22.7 Å². The second kappa shape index (κ2) is 10.5. The number of aromatic nitrogens is 1. The monoisotopic (exact) mass is 529 g/mol. The first-order chi connectivity index (χ1) is 16.7. The molecule has 1 saturated heterocycles. The van der Waals surface area contributed by atoms with Crippen molar-refractivity contribution in [1.29, 1.82) is 0 Å². The minimum atomic E-state index is -2.85. The summed E-state index contributed by atoms with van der Waals surface area (Å²) < 4.78 is 46.8. The Balaban J connectivity index is 1.48. The van der Waals surface area contributed by atoms with Gasteiger partial charge in [-0.2, -0.15) is 5.10 Å². The summed E-state index contributed by atoms with van der Waals surface area (Å²) in [4.78, 5) is 20.9. The first-order valence-corrected chi connectivity index (χ1v) is 11.8. The Hall–Kier alpha value is -2.72. The number of alkyl halides is 3. The lowest BCUT2D eigenvalue weighted by Gasteiger charge is -2.41. The minimum absolute atomic E-state index is 0.171. The summed E-state index contributed by atoms with van der Waals surface area (Å²) in [5.74, 6) is -0.428. The van der Waals surface area contributed by atoms with Crippen LogP contribution in [-0.4, -0.2) is 77.6 Å². The molecule has 0 spiro atoms. The molecule has 4 rings (SSSR count). The van der Waals surface area contributed by atoms with E-state index in [2.05, 4.69) is 10.1 Å². The number of carbonyl (C=O) groups is 1. The molecule has 12 heteroatoms. The van der Waals surface area contributed by atoms with Gasteiger partial charge in [0, 0.05) is 37.9 Å². The quantitative estimate of drug-likeness (QED) is 0.524. The number of carbonyl (C=O) groups excluding carboxylic acids is 1. The SMILES string of the molecule is COc1cc(N2CCN(C(=O)CN3N=C(C(F)F)C(Cl)C3c3ccccn3)[C@@H](C)C2)c(F)cc1Cl. The molecule has 2 aliphatic heterocycles. The van der Waals surface area contributed by atoms with Crippen LogP contribution in [-0.2, 0) is 4.79 Å². The number of rotatable bonds is 6. The number of hydrazone groups is 1. The molecule has 3 heterocycles. The molecule has 1 aromatic carbocycles. The Morgan fingerprint density at radius 3 is 2.69 bits per heavy atom. The van der Waals surface area contributed by atoms with Crippen LogP contribution in [0.3, 0.4) is 0 Å². The highest BCUT2D eigenvalue weighted by Gasteiger charge is 2.43. The van der Waals surface area contributed by atoms with Crippen LogP contribution in [0.15, 0.2) is 41.6 Å². The molecule has 0 N–H and O–H groups in total. The molecular formula is C23H24Cl2F3N5O2. The second-order valence-electron chi connectivity index (χ2n) is 8.34. The fourth-order valence-corrected chi connectivity index (χ4v) is 5.05. The molecule has 0 radical (unpaired) electrons. The van der Waals surface area contributed by atoms with Gasteiger partial charge in [0.15, 0.2) is 0 Å². The zero-order chi connectivity index (χ0) is 25.3. The van der Waals surface area contributed by atoms with Gasteiger partial charge < -0.3 is 14.5 Å². The van der Waals surface area contributed by atoms with Crippen molar-refractivity contribution in [3.63, 3.8) is 0 Å². The maximum absolute atomic E-state index is 14.6. The van der Waals surface area contributed by atoms with Crippen LogP contribution in [0.1, 0.15) is 18.7 Å². The van der Waals surface area contributed by atoms with Gasteiger partial charge in [0.2, 0.25) is 5.91 Å². The van der Waals surface area contributed by atoms with E-state index in [4.69, 9.17) is 27.9 Å². The summed E-state index contributed by atoms with van der Waals surface area (Å²) >= 11 is 12.3. The van der Waals surface area contributed by atoms with E-state index in [0.717, 1.165) is 0 Å². The van der Waals surface area contributed by atoms with E-state index >= 15 is 0 Å². The number of methoxy groups -OCH3 is 1. The molecule has 1 aromatic heterocycles. The fraction of sp³-hybridized carbons (Fsp3) is 0.435. The van der Waals surface area contributed by atoms with E-state index in [1.165, 1.54) is 30.4 Å². The molecule has 1 amide bonds. The topological polar surface area (TPSA) is 61.3 Å². The van der Waals surface area contributed by atoms with Crippen molar-refractivity contribution in [3.8, 4) is 5.75 Å². The number of benzene rings is 1. The fourth-order valence-electron chi connectivity index (χ4n) is 4.42. The number of hydrogen-bond acceptors (Lipinski definition) is 6. The van der Waals surface area contributed by atoms with Gasteiger partial charge in [-0.3, -0.25) is 14.8 Å². The highest BCUT2D eigenvalue weighted by atomic mass is 35.5. The molecule has 188 valence electrons. The standard InChI is InChI=1S/C23H24Cl2F3N5O2/c1-13-11-31(17-10-18(35-2)14(24)9-15(17)26)7-8-32(13)19(34)12-33-22(16-5-3-4-6-29-16)20(25)21(30-33)23(27)28/h3-6,9-10,13,20,22-23H,7-8,11-12H2,1-2H3/t13-,20?,22?/m0/s1. The molecule has 0 bridgehead atoms. The minimum Gasteiger partial charge on any atom is -0.495 e. The number of ether oxygens (including phenoxy) is 1. The van der Waals surface area contributed by atoms with Crippen molar-refractivity contribution in [2.24, 2.45) is 5.10 Å². The van der Waals surface area contributed by atoms with Gasteiger partial charge in [-0.25, -0.2) is 13.2 Å². The van der Waals surface area contributed by atoms with Crippen LogP contribution >= 0.6 is 23.2 Å². The summed E-state index contributed by atoms with van der Waals surface area (Å²) in [6.45, 7) is 2.63. The van der Waals surface area contributed by atoms with Gasteiger partial charge in [-0.15, -0.1) is 11.6 Å². The van der Waals surface area contributed by atoms with Gasteiger partial charge in [0.1, 0.15) is 35.2 Å². The molecule has 2 aliphatic rings. The van der Waals surface area contributed by atoms with E-state index in [-0.39, 0.29) is 23.5 Å². The summed E-state index contributed by atoms with van der Waals surface area (Å²) in [7, 11) is 1.45. The Bertz CT molecular complexity index is 1110. The van der Waals surface area contributed by atoms with Gasteiger partial charge in [0.05, 0.1) is 23.5 Å².